The molecule has 0 amide bonds. The molecular formula is C12H17NO4. The largest absolute Gasteiger partial charge is 0.458 e. The summed E-state index contributed by atoms with van der Waals surface area (Å²) >= 11 is 0. The Balaban J connectivity index is 1.84. The van der Waals surface area contributed by atoms with E-state index in [1.165, 1.54) is 0 Å². The Hall–Kier alpha value is -1.33. The average Bonchev–Trinajstić information content (AvgIpc) is 2.81. The molecule has 2 heterocycles. The minimum absolute atomic E-state index is 0.186. The van der Waals surface area contributed by atoms with Crippen LogP contribution in [-0.4, -0.2) is 35.6 Å². The quantitative estimate of drug-likeness (QED) is 0.747. The molecule has 94 valence electrons. The van der Waals surface area contributed by atoms with Crippen molar-refractivity contribution in [3.8, 4) is 0 Å². The molecule has 0 aliphatic carbocycles. The molecule has 0 N–H and O–H groups in total. The van der Waals surface area contributed by atoms with Gasteiger partial charge in [-0.2, -0.15) is 0 Å². The van der Waals surface area contributed by atoms with E-state index in [4.69, 9.17) is 14.2 Å². The molecule has 1 saturated heterocycles. The van der Waals surface area contributed by atoms with Gasteiger partial charge in [-0.3, -0.25) is 0 Å². The highest BCUT2D eigenvalue weighted by Crippen LogP contribution is 2.22. The third-order valence-corrected chi connectivity index (χ3v) is 2.62. The van der Waals surface area contributed by atoms with Gasteiger partial charge in [-0.1, -0.05) is 0 Å². The smallest absolute Gasteiger partial charge is 0.355 e. The molecule has 2 rings (SSSR count). The van der Waals surface area contributed by atoms with E-state index in [1.54, 1.807) is 29.9 Å². The fraction of sp³-hybridized carbons (Fsp3) is 0.583. The van der Waals surface area contributed by atoms with Crippen molar-refractivity contribution in [3.05, 3.63) is 24.0 Å². The molecule has 1 aliphatic rings. The van der Waals surface area contributed by atoms with Crippen molar-refractivity contribution in [1.29, 1.82) is 0 Å². The summed E-state index contributed by atoms with van der Waals surface area (Å²) < 4.78 is 17.8. The average molecular weight is 239 g/mol. The number of hydrogen-bond donors (Lipinski definition) is 0. The van der Waals surface area contributed by atoms with Gasteiger partial charge >= 0.3 is 5.97 Å². The van der Waals surface area contributed by atoms with E-state index in [2.05, 4.69) is 0 Å². The molecule has 0 radical (unpaired) electrons. The lowest BCUT2D eigenvalue weighted by atomic mass is 10.4. The third-order valence-electron chi connectivity index (χ3n) is 2.62. The Morgan fingerprint density at radius 1 is 1.65 bits per heavy atom. The van der Waals surface area contributed by atoms with Crippen LogP contribution in [0.25, 0.3) is 0 Å². The Morgan fingerprint density at radius 3 is 2.94 bits per heavy atom. The van der Waals surface area contributed by atoms with E-state index >= 15 is 0 Å². The summed E-state index contributed by atoms with van der Waals surface area (Å²) in [4.78, 5) is 11.7. The van der Waals surface area contributed by atoms with Crippen molar-refractivity contribution in [2.75, 3.05) is 13.2 Å². The Morgan fingerprint density at radius 2 is 2.41 bits per heavy atom. The number of nitrogens with zero attached hydrogens (tertiary/aromatic N) is 1. The number of aryl methyl sites for hydroxylation is 1. The normalized spacial score (nSPS) is 22.6. The van der Waals surface area contributed by atoms with E-state index in [0.717, 1.165) is 0 Å². The van der Waals surface area contributed by atoms with Crippen LogP contribution < -0.4 is 0 Å². The summed E-state index contributed by atoms with van der Waals surface area (Å²) in [6.45, 7) is 4.35. The fourth-order valence-electron chi connectivity index (χ4n) is 1.76. The van der Waals surface area contributed by atoms with E-state index in [0.29, 0.717) is 12.3 Å². The molecule has 1 fully saturated rings. The van der Waals surface area contributed by atoms with Gasteiger partial charge in [0.15, 0.2) is 5.79 Å². The third kappa shape index (κ3) is 2.87. The molecule has 1 aromatic rings. The maximum Gasteiger partial charge on any atom is 0.355 e. The molecule has 0 saturated carbocycles. The summed E-state index contributed by atoms with van der Waals surface area (Å²) in [7, 11) is 1.80. The van der Waals surface area contributed by atoms with Crippen LogP contribution in [-0.2, 0) is 21.3 Å². The molecule has 0 spiro atoms. The Labute approximate surface area is 100 Å². The summed E-state index contributed by atoms with van der Waals surface area (Å²) in [6.07, 6.45) is 1.61. The molecule has 0 aromatic carbocycles. The molecule has 5 nitrogen and oxygen atoms in total. The zero-order valence-corrected chi connectivity index (χ0v) is 10.3. The van der Waals surface area contributed by atoms with Crippen molar-refractivity contribution in [2.45, 2.75) is 25.7 Å². The van der Waals surface area contributed by atoms with Crippen LogP contribution >= 0.6 is 0 Å². The Bertz CT molecular complexity index is 410. The van der Waals surface area contributed by atoms with E-state index in [9.17, 15) is 4.79 Å². The molecule has 17 heavy (non-hydrogen) atoms. The van der Waals surface area contributed by atoms with Crippen molar-refractivity contribution in [2.24, 2.45) is 7.05 Å². The van der Waals surface area contributed by atoms with Crippen LogP contribution in [0.1, 0.15) is 24.3 Å². The summed E-state index contributed by atoms with van der Waals surface area (Å²) in [5.74, 6) is -0.923. The number of ether oxygens (including phenoxy) is 3. The van der Waals surface area contributed by atoms with Gasteiger partial charge < -0.3 is 18.8 Å². The lowest BCUT2D eigenvalue weighted by Gasteiger charge is -2.17. The van der Waals surface area contributed by atoms with Gasteiger partial charge in [0.1, 0.15) is 18.4 Å². The first-order valence-electron chi connectivity index (χ1n) is 5.58. The number of rotatable bonds is 3. The highest BCUT2D eigenvalue weighted by molar-refractivity contribution is 5.87. The second-order valence-electron chi connectivity index (χ2n) is 4.55. The minimum Gasteiger partial charge on any atom is -0.458 e. The second-order valence-corrected chi connectivity index (χ2v) is 4.55. The predicted octanol–water partition coefficient (Wildman–Crippen LogP) is 1.33. The van der Waals surface area contributed by atoms with E-state index < -0.39 is 5.79 Å². The van der Waals surface area contributed by atoms with Crippen molar-refractivity contribution < 1.29 is 19.0 Å². The molecule has 0 bridgehead atoms. The minimum atomic E-state index is -0.581. The molecule has 1 unspecified atom stereocenters. The topological polar surface area (TPSA) is 49.7 Å². The van der Waals surface area contributed by atoms with Crippen LogP contribution in [0.3, 0.4) is 0 Å². The van der Waals surface area contributed by atoms with Gasteiger partial charge in [0, 0.05) is 13.2 Å². The summed E-state index contributed by atoms with van der Waals surface area (Å²) in [6, 6.07) is 3.52. The monoisotopic (exact) mass is 239 g/mol. The number of carbonyl (C=O) groups excluding carboxylic acids is 1. The first-order valence-corrected chi connectivity index (χ1v) is 5.58. The van der Waals surface area contributed by atoms with Crippen LogP contribution in [0.5, 0.6) is 0 Å². The lowest BCUT2D eigenvalue weighted by molar-refractivity contribution is -0.142. The molecule has 1 atom stereocenters. The molecule has 1 aliphatic heterocycles. The fourth-order valence-corrected chi connectivity index (χ4v) is 1.76. The molecule has 1 aromatic heterocycles. The number of aromatic nitrogens is 1. The highest BCUT2D eigenvalue weighted by Gasteiger charge is 2.33. The van der Waals surface area contributed by atoms with Gasteiger partial charge in [-0.25, -0.2) is 4.79 Å². The zero-order chi connectivity index (χ0) is 12.5. The van der Waals surface area contributed by atoms with E-state index in [1.807, 2.05) is 13.8 Å². The van der Waals surface area contributed by atoms with Crippen LogP contribution in [0.2, 0.25) is 0 Å². The lowest BCUT2D eigenvalue weighted by Crippen LogP contribution is -2.25. The number of carbonyl (C=O) groups is 1. The zero-order valence-electron chi connectivity index (χ0n) is 10.3. The predicted molar refractivity (Wildman–Crippen MR) is 60.6 cm³/mol. The SMILES string of the molecule is Cn1cccc1C(=O)OCC1COC(C)(C)O1. The molecular weight excluding hydrogens is 222 g/mol. The summed E-state index contributed by atoms with van der Waals surface area (Å²) in [5.41, 5.74) is 0.531. The first-order chi connectivity index (χ1) is 7.98. The van der Waals surface area contributed by atoms with Crippen LogP contribution in [0.15, 0.2) is 18.3 Å². The second kappa shape index (κ2) is 4.50. The van der Waals surface area contributed by atoms with Gasteiger partial charge in [0.2, 0.25) is 0 Å². The Kier molecular flexibility index (Phi) is 3.22. The highest BCUT2D eigenvalue weighted by atomic mass is 16.7. The van der Waals surface area contributed by atoms with Gasteiger partial charge in [-0.15, -0.1) is 0 Å². The standard InChI is InChI=1S/C12H17NO4/c1-12(2)16-8-9(17-12)7-15-11(14)10-5-4-6-13(10)3/h4-6,9H,7-8H2,1-3H3. The van der Waals surface area contributed by atoms with Crippen molar-refractivity contribution in [1.82, 2.24) is 4.57 Å². The van der Waals surface area contributed by atoms with Gasteiger partial charge in [-0.05, 0) is 26.0 Å². The molecule has 5 heteroatoms. The van der Waals surface area contributed by atoms with Crippen molar-refractivity contribution >= 4 is 5.97 Å². The maximum absolute atomic E-state index is 11.7. The van der Waals surface area contributed by atoms with Crippen molar-refractivity contribution in [3.63, 3.8) is 0 Å². The van der Waals surface area contributed by atoms with E-state index in [-0.39, 0.29) is 18.7 Å². The number of hydrogen-bond acceptors (Lipinski definition) is 4. The first kappa shape index (κ1) is 12.1. The van der Waals surface area contributed by atoms with Crippen LogP contribution in [0, 0.1) is 0 Å². The summed E-state index contributed by atoms with van der Waals surface area (Å²) in [5, 5.41) is 0. The van der Waals surface area contributed by atoms with Gasteiger partial charge in [0.25, 0.3) is 0 Å². The van der Waals surface area contributed by atoms with Crippen LogP contribution in [0.4, 0.5) is 0 Å². The number of esters is 1. The maximum atomic E-state index is 11.7. The van der Waals surface area contributed by atoms with Gasteiger partial charge in [0.05, 0.1) is 6.61 Å².